The van der Waals surface area contributed by atoms with Crippen LogP contribution in [0.1, 0.15) is 11.1 Å². The lowest BCUT2D eigenvalue weighted by Gasteiger charge is -2.09. The molecule has 0 aliphatic carbocycles. The average molecular weight is 326 g/mol. The van der Waals surface area contributed by atoms with Crippen molar-refractivity contribution in [2.45, 2.75) is 18.2 Å². The molecule has 0 saturated heterocycles. The Balaban J connectivity index is 2.08. The van der Waals surface area contributed by atoms with Crippen LogP contribution in [0.2, 0.25) is 10.0 Å². The molecule has 104 valence electrons. The Hall–Kier alpha value is -1.16. The molecule has 0 aliphatic heterocycles. The zero-order valence-corrected chi connectivity index (χ0v) is 13.2. The van der Waals surface area contributed by atoms with E-state index in [1.807, 2.05) is 31.2 Å². The van der Waals surface area contributed by atoms with E-state index >= 15 is 0 Å². The van der Waals surface area contributed by atoms with E-state index in [1.165, 1.54) is 0 Å². The minimum Gasteiger partial charge on any atom is -0.324 e. The highest BCUT2D eigenvalue weighted by Crippen LogP contribution is 2.28. The van der Waals surface area contributed by atoms with Crippen molar-refractivity contribution in [1.29, 1.82) is 0 Å². The molecule has 2 aromatic rings. The number of aryl methyl sites for hydroxylation is 1. The van der Waals surface area contributed by atoms with Crippen LogP contribution in [0.4, 0.5) is 5.69 Å². The van der Waals surface area contributed by atoms with Crippen molar-refractivity contribution in [3.8, 4) is 0 Å². The van der Waals surface area contributed by atoms with Gasteiger partial charge in [-0.25, -0.2) is 0 Å². The Kier molecular flexibility index (Phi) is 4.97. The Morgan fingerprint density at radius 1 is 1.15 bits per heavy atom. The third-order valence-corrected chi connectivity index (χ3v) is 3.84. The van der Waals surface area contributed by atoms with E-state index in [4.69, 9.17) is 23.2 Å². The van der Waals surface area contributed by atoms with E-state index in [2.05, 4.69) is 17.9 Å². The number of hydrogen-bond acceptors (Lipinski definition) is 2. The zero-order valence-electron chi connectivity index (χ0n) is 10.8. The monoisotopic (exact) mass is 325 g/mol. The first kappa shape index (κ1) is 15.2. The molecule has 0 spiro atoms. The molecule has 0 unspecified atom stereocenters. The number of carbonyl (C=O) groups is 1. The van der Waals surface area contributed by atoms with E-state index in [-0.39, 0.29) is 12.3 Å². The average Bonchev–Trinajstić information content (AvgIpc) is 2.39. The molecule has 2 rings (SSSR count). The zero-order chi connectivity index (χ0) is 14.7. The first-order valence-corrected chi connectivity index (χ1v) is 7.19. The minimum absolute atomic E-state index is 0.140. The number of anilines is 1. The molecule has 0 atom stereocenters. The number of halogens is 2. The molecule has 2 aromatic carbocycles. The van der Waals surface area contributed by atoms with Crippen molar-refractivity contribution < 1.29 is 4.79 Å². The summed E-state index contributed by atoms with van der Waals surface area (Å²) in [5, 5.41) is 3.82. The van der Waals surface area contributed by atoms with Crippen LogP contribution in [0, 0.1) is 6.92 Å². The fraction of sp³-hybridized carbons (Fsp3) is 0.133. The predicted molar refractivity (Wildman–Crippen MR) is 87.2 cm³/mol. The van der Waals surface area contributed by atoms with Gasteiger partial charge in [-0.1, -0.05) is 35.3 Å². The Morgan fingerprint density at radius 2 is 1.80 bits per heavy atom. The molecule has 20 heavy (non-hydrogen) atoms. The van der Waals surface area contributed by atoms with Crippen molar-refractivity contribution in [3.05, 3.63) is 57.6 Å². The maximum Gasteiger partial charge on any atom is 0.228 e. The lowest BCUT2D eigenvalue weighted by molar-refractivity contribution is -0.115. The van der Waals surface area contributed by atoms with Gasteiger partial charge in [-0.2, -0.15) is 0 Å². The lowest BCUT2D eigenvalue weighted by Crippen LogP contribution is -2.14. The highest BCUT2D eigenvalue weighted by atomic mass is 35.5. The highest BCUT2D eigenvalue weighted by molar-refractivity contribution is 7.80. The van der Waals surface area contributed by atoms with Gasteiger partial charge in [0, 0.05) is 9.92 Å². The molecular weight excluding hydrogens is 313 g/mol. The van der Waals surface area contributed by atoms with Crippen LogP contribution in [0.5, 0.6) is 0 Å². The van der Waals surface area contributed by atoms with Gasteiger partial charge in [0.05, 0.1) is 17.1 Å². The quantitative estimate of drug-likeness (QED) is 0.782. The molecular formula is C15H13Cl2NOS. The van der Waals surface area contributed by atoms with Crippen LogP contribution < -0.4 is 5.32 Å². The lowest BCUT2D eigenvalue weighted by atomic mass is 10.1. The molecule has 1 N–H and O–H groups in total. The second-order valence-electron chi connectivity index (χ2n) is 4.47. The van der Waals surface area contributed by atoms with Gasteiger partial charge in [0.1, 0.15) is 0 Å². The molecule has 0 fully saturated rings. The van der Waals surface area contributed by atoms with Crippen LogP contribution in [0.25, 0.3) is 0 Å². The van der Waals surface area contributed by atoms with Crippen LogP contribution in [0.15, 0.2) is 41.3 Å². The first-order chi connectivity index (χ1) is 9.45. The van der Waals surface area contributed by atoms with Crippen molar-refractivity contribution in [1.82, 2.24) is 0 Å². The van der Waals surface area contributed by atoms with Crippen molar-refractivity contribution in [2.24, 2.45) is 0 Å². The molecule has 2 nitrogen and oxygen atoms in total. The summed E-state index contributed by atoms with van der Waals surface area (Å²) in [6.07, 6.45) is 0.274. The maximum atomic E-state index is 12.0. The summed E-state index contributed by atoms with van der Waals surface area (Å²) in [5.74, 6) is -0.140. The van der Waals surface area contributed by atoms with E-state index < -0.39 is 0 Å². The van der Waals surface area contributed by atoms with Crippen LogP contribution >= 0.6 is 35.8 Å². The van der Waals surface area contributed by atoms with Gasteiger partial charge in [0.15, 0.2) is 0 Å². The highest BCUT2D eigenvalue weighted by Gasteiger charge is 2.09. The van der Waals surface area contributed by atoms with Gasteiger partial charge in [-0.05, 0) is 42.3 Å². The Bertz CT molecular complexity index is 641. The summed E-state index contributed by atoms with van der Waals surface area (Å²) in [5.41, 5.74) is 2.31. The fourth-order valence-corrected chi connectivity index (χ4v) is 2.31. The Labute approximate surface area is 133 Å². The number of benzene rings is 2. The van der Waals surface area contributed by atoms with Gasteiger partial charge < -0.3 is 5.32 Å². The molecule has 0 radical (unpaired) electrons. The molecule has 0 aliphatic rings. The summed E-state index contributed by atoms with van der Waals surface area (Å²) in [6.45, 7) is 1.86. The molecule has 0 aromatic heterocycles. The number of carbonyl (C=O) groups excluding carboxylic acids is 1. The summed E-state index contributed by atoms with van der Waals surface area (Å²) < 4.78 is 0. The summed E-state index contributed by atoms with van der Waals surface area (Å²) in [6, 6.07) is 10.8. The first-order valence-electron chi connectivity index (χ1n) is 5.99. The van der Waals surface area contributed by atoms with Gasteiger partial charge in [0.2, 0.25) is 5.91 Å². The van der Waals surface area contributed by atoms with Gasteiger partial charge in [0.25, 0.3) is 0 Å². The topological polar surface area (TPSA) is 29.1 Å². The standard InChI is InChI=1S/C15H13Cl2NOS/c1-9-6-13(17)14(8-12(9)16)18-15(19)7-10-2-4-11(20)5-3-10/h2-6,8,20H,7H2,1H3,(H,18,19). The normalized spacial score (nSPS) is 10.4. The molecule has 0 heterocycles. The minimum atomic E-state index is -0.140. The number of nitrogens with one attached hydrogen (secondary N) is 1. The SMILES string of the molecule is Cc1cc(Cl)c(NC(=O)Cc2ccc(S)cc2)cc1Cl. The van der Waals surface area contributed by atoms with E-state index in [0.717, 1.165) is 16.0 Å². The van der Waals surface area contributed by atoms with Crippen LogP contribution in [0.3, 0.4) is 0 Å². The summed E-state index contributed by atoms with van der Waals surface area (Å²) in [7, 11) is 0. The number of thiol groups is 1. The molecule has 1 amide bonds. The van der Waals surface area contributed by atoms with Crippen LogP contribution in [-0.4, -0.2) is 5.91 Å². The third kappa shape index (κ3) is 3.92. The maximum absolute atomic E-state index is 12.0. The van der Waals surface area contributed by atoms with Crippen molar-refractivity contribution in [2.75, 3.05) is 5.32 Å². The molecule has 5 heteroatoms. The number of hydrogen-bond donors (Lipinski definition) is 2. The number of rotatable bonds is 3. The molecule has 0 saturated carbocycles. The number of amides is 1. The van der Waals surface area contributed by atoms with Gasteiger partial charge in [-0.3, -0.25) is 4.79 Å². The summed E-state index contributed by atoms with van der Waals surface area (Å²) >= 11 is 16.3. The fourth-order valence-electron chi connectivity index (χ4n) is 1.74. The van der Waals surface area contributed by atoms with E-state index in [0.29, 0.717) is 15.7 Å². The molecule has 0 bridgehead atoms. The van der Waals surface area contributed by atoms with Crippen LogP contribution in [-0.2, 0) is 11.2 Å². The van der Waals surface area contributed by atoms with Gasteiger partial charge in [-0.15, -0.1) is 12.6 Å². The smallest absolute Gasteiger partial charge is 0.228 e. The van der Waals surface area contributed by atoms with Crippen molar-refractivity contribution >= 4 is 47.4 Å². The predicted octanol–water partition coefficient (Wildman–Crippen LogP) is 4.77. The van der Waals surface area contributed by atoms with E-state index in [9.17, 15) is 4.79 Å². The van der Waals surface area contributed by atoms with E-state index in [1.54, 1.807) is 12.1 Å². The second kappa shape index (κ2) is 6.53. The van der Waals surface area contributed by atoms with Crippen molar-refractivity contribution in [3.63, 3.8) is 0 Å². The van der Waals surface area contributed by atoms with Gasteiger partial charge >= 0.3 is 0 Å². The summed E-state index contributed by atoms with van der Waals surface area (Å²) in [4.78, 5) is 12.8. The third-order valence-electron chi connectivity index (χ3n) is 2.82. The second-order valence-corrected chi connectivity index (χ2v) is 5.80. The Morgan fingerprint density at radius 3 is 2.45 bits per heavy atom. The largest absolute Gasteiger partial charge is 0.324 e.